The van der Waals surface area contributed by atoms with Crippen LogP contribution in [0, 0.1) is 0 Å². The van der Waals surface area contributed by atoms with E-state index in [1.165, 1.54) is 19.6 Å². The van der Waals surface area contributed by atoms with E-state index >= 15 is 0 Å². The van der Waals surface area contributed by atoms with E-state index in [4.69, 9.17) is 37.9 Å². The fraction of sp³-hybridized carbons (Fsp3) is 0.625. The van der Waals surface area contributed by atoms with Crippen molar-refractivity contribution in [2.24, 2.45) is 0 Å². The van der Waals surface area contributed by atoms with Crippen molar-refractivity contribution in [3.05, 3.63) is 17.2 Å². The van der Waals surface area contributed by atoms with E-state index in [1.54, 1.807) is 0 Å². The second-order valence-electron chi connectivity index (χ2n) is 11.1. The lowest BCUT2D eigenvalue weighted by molar-refractivity contribution is -0.251. The second kappa shape index (κ2) is 16.9. The Labute approximate surface area is 267 Å². The smallest absolute Gasteiger partial charge is 0.339 e. The average Bonchev–Trinajstić information content (AvgIpc) is 2.96. The summed E-state index contributed by atoms with van der Waals surface area (Å²) in [4.78, 5) is 74.4. The molecule has 5 atom stereocenters. The van der Waals surface area contributed by atoms with Crippen LogP contribution in [0.15, 0.2) is 6.07 Å². The van der Waals surface area contributed by atoms with Gasteiger partial charge in [0.25, 0.3) is 0 Å². The van der Waals surface area contributed by atoms with Crippen molar-refractivity contribution in [3.63, 3.8) is 0 Å². The number of unbranched alkanes of at least 4 members (excludes halogenated alkanes) is 6. The molecule has 0 saturated carbocycles. The Morgan fingerprint density at radius 2 is 1.41 bits per heavy atom. The molecule has 2 aliphatic rings. The summed E-state index contributed by atoms with van der Waals surface area (Å²) in [5, 5.41) is 0. The van der Waals surface area contributed by atoms with Crippen LogP contribution in [0.3, 0.4) is 0 Å². The molecule has 2 heterocycles. The first-order valence-corrected chi connectivity index (χ1v) is 15.4. The largest absolute Gasteiger partial charge is 0.490 e. The number of methoxy groups -OCH3 is 1. The van der Waals surface area contributed by atoms with Crippen LogP contribution in [0.1, 0.15) is 108 Å². The summed E-state index contributed by atoms with van der Waals surface area (Å²) in [6.45, 7) is 6.20. The number of rotatable bonds is 15. The van der Waals surface area contributed by atoms with Crippen LogP contribution >= 0.6 is 0 Å². The zero-order valence-corrected chi connectivity index (χ0v) is 27.0. The zero-order valence-electron chi connectivity index (χ0n) is 27.0. The highest BCUT2D eigenvalue weighted by molar-refractivity contribution is 5.96. The summed E-state index contributed by atoms with van der Waals surface area (Å²) in [6, 6.07) is 1.21. The molecular weight excluding hydrogens is 608 g/mol. The summed E-state index contributed by atoms with van der Waals surface area (Å²) in [5.74, 6) is -5.25. The molecular formula is C32H42O14. The molecule has 1 aromatic rings. The van der Waals surface area contributed by atoms with Crippen LogP contribution in [0.5, 0.6) is 17.2 Å². The molecule has 1 aromatic carbocycles. The van der Waals surface area contributed by atoms with Gasteiger partial charge in [0.15, 0.2) is 29.8 Å². The molecule has 2 aliphatic heterocycles. The van der Waals surface area contributed by atoms with E-state index in [-0.39, 0.29) is 34.8 Å². The van der Waals surface area contributed by atoms with E-state index in [2.05, 4.69) is 6.92 Å². The summed E-state index contributed by atoms with van der Waals surface area (Å²) in [6.07, 6.45) is 0.348. The highest BCUT2D eigenvalue weighted by Gasteiger charge is 2.56. The fourth-order valence-electron chi connectivity index (χ4n) is 5.45. The van der Waals surface area contributed by atoms with Crippen molar-refractivity contribution >= 4 is 35.8 Å². The first kappa shape index (κ1) is 36.3. The predicted octanol–water partition coefficient (Wildman–Crippen LogP) is 4.07. The molecule has 3 rings (SSSR count). The van der Waals surface area contributed by atoms with Gasteiger partial charge < -0.3 is 37.9 Å². The van der Waals surface area contributed by atoms with Gasteiger partial charge in [0, 0.05) is 39.7 Å². The summed E-state index contributed by atoms with van der Waals surface area (Å²) >= 11 is 0. The van der Waals surface area contributed by atoms with Crippen molar-refractivity contribution in [3.8, 4) is 17.2 Å². The third kappa shape index (κ3) is 9.41. The molecule has 0 radical (unpaired) electrons. The minimum Gasteiger partial charge on any atom is -0.490 e. The molecule has 0 bridgehead atoms. The molecule has 0 spiro atoms. The van der Waals surface area contributed by atoms with Crippen molar-refractivity contribution in [2.45, 2.75) is 117 Å². The lowest BCUT2D eigenvalue weighted by Crippen LogP contribution is -2.60. The number of benzene rings is 1. The van der Waals surface area contributed by atoms with Gasteiger partial charge >= 0.3 is 35.8 Å². The van der Waals surface area contributed by atoms with Crippen LogP contribution in [-0.4, -0.2) is 73.9 Å². The van der Waals surface area contributed by atoms with E-state index < -0.39 is 72.9 Å². The molecule has 46 heavy (non-hydrogen) atoms. The normalized spacial score (nSPS) is 21.5. The molecule has 14 nitrogen and oxygen atoms in total. The number of hydrogen-bond acceptors (Lipinski definition) is 14. The highest BCUT2D eigenvalue weighted by atomic mass is 16.7. The van der Waals surface area contributed by atoms with E-state index in [0.717, 1.165) is 59.8 Å². The Bertz CT molecular complexity index is 1300. The summed E-state index contributed by atoms with van der Waals surface area (Å²) in [7, 11) is 1.25. The van der Waals surface area contributed by atoms with E-state index in [9.17, 15) is 28.8 Å². The van der Waals surface area contributed by atoms with Gasteiger partial charge in [0.2, 0.25) is 5.75 Å². The minimum absolute atomic E-state index is 0.0357. The number of ether oxygens (including phenoxy) is 8. The van der Waals surface area contributed by atoms with Gasteiger partial charge in [0.1, 0.15) is 18.8 Å². The fourth-order valence-corrected chi connectivity index (χ4v) is 5.45. The van der Waals surface area contributed by atoms with Gasteiger partial charge in [-0.25, -0.2) is 4.79 Å². The van der Waals surface area contributed by atoms with Crippen molar-refractivity contribution in [2.75, 3.05) is 13.7 Å². The third-order valence-electron chi connectivity index (χ3n) is 7.33. The maximum Gasteiger partial charge on any atom is 0.339 e. The number of carbonyl (C=O) groups excluding carboxylic acids is 6. The van der Waals surface area contributed by atoms with Gasteiger partial charge in [0.05, 0.1) is 12.7 Å². The number of carbonyl (C=O) groups is 6. The monoisotopic (exact) mass is 650 g/mol. The molecule has 0 N–H and O–H groups in total. The van der Waals surface area contributed by atoms with Gasteiger partial charge in [-0.3, -0.25) is 24.0 Å². The zero-order chi connectivity index (χ0) is 34.0. The molecule has 0 aliphatic carbocycles. The lowest BCUT2D eigenvalue weighted by Gasteiger charge is -2.46. The van der Waals surface area contributed by atoms with Crippen LogP contribution in [0.4, 0.5) is 0 Å². The van der Waals surface area contributed by atoms with Gasteiger partial charge in [-0.05, 0) is 12.5 Å². The average molecular weight is 651 g/mol. The Balaban J connectivity index is 2.03. The first-order valence-electron chi connectivity index (χ1n) is 15.4. The van der Waals surface area contributed by atoms with E-state index in [1.807, 2.05) is 0 Å². The molecule has 0 amide bonds. The van der Waals surface area contributed by atoms with Crippen molar-refractivity contribution < 1.29 is 66.7 Å². The topological polar surface area (TPSA) is 176 Å². The Kier molecular flexibility index (Phi) is 13.3. The quantitative estimate of drug-likeness (QED) is 0.115. The Morgan fingerprint density at radius 3 is 2.00 bits per heavy atom. The molecule has 1 saturated heterocycles. The SMILES string of the molecule is CCCCCCCCCC(=O)Oc1cc2c(c(OC(C)=O)c1OC)[C@@H]1O[C@H](COC(C)=O)[C@@H](OC(C)=O)[C@H](OC(C)=O)[C@H]1OC2=O. The van der Waals surface area contributed by atoms with Crippen molar-refractivity contribution in [1.82, 2.24) is 0 Å². The predicted molar refractivity (Wildman–Crippen MR) is 157 cm³/mol. The van der Waals surface area contributed by atoms with Crippen molar-refractivity contribution in [1.29, 1.82) is 0 Å². The van der Waals surface area contributed by atoms with Crippen LogP contribution < -0.4 is 14.2 Å². The second-order valence-corrected chi connectivity index (χ2v) is 11.1. The highest BCUT2D eigenvalue weighted by Crippen LogP contribution is 2.51. The first-order chi connectivity index (χ1) is 21.9. The number of hydrogen-bond donors (Lipinski definition) is 0. The number of fused-ring (bicyclic) bond motifs is 3. The Morgan fingerprint density at radius 1 is 0.783 bits per heavy atom. The third-order valence-corrected chi connectivity index (χ3v) is 7.33. The van der Waals surface area contributed by atoms with Gasteiger partial charge in [-0.15, -0.1) is 0 Å². The summed E-state index contributed by atoms with van der Waals surface area (Å²) in [5.41, 5.74) is -0.220. The van der Waals surface area contributed by atoms with Gasteiger partial charge in [-0.1, -0.05) is 45.4 Å². The van der Waals surface area contributed by atoms with E-state index in [0.29, 0.717) is 6.42 Å². The van der Waals surface area contributed by atoms with Gasteiger partial charge in [-0.2, -0.15) is 0 Å². The summed E-state index contributed by atoms with van der Waals surface area (Å²) < 4.78 is 44.5. The number of esters is 6. The maximum atomic E-state index is 13.5. The van der Waals surface area contributed by atoms with Crippen LogP contribution in [0.25, 0.3) is 0 Å². The molecule has 0 unspecified atom stereocenters. The van der Waals surface area contributed by atoms with Crippen LogP contribution in [0.2, 0.25) is 0 Å². The van der Waals surface area contributed by atoms with Crippen LogP contribution in [-0.2, 0) is 47.7 Å². The molecule has 14 heteroatoms. The lowest BCUT2D eigenvalue weighted by atomic mass is 9.85. The maximum absolute atomic E-state index is 13.5. The standard InChI is InChI=1S/C32H42O14/c1-7-8-9-10-11-12-13-14-24(37)44-22-15-21-25(28(26(22)39-6)42-19(4)35)29-31(46-32(21)38)30(43-20(5)36)27(41-18(3)34)23(45-29)16-40-17(2)33/h15,23,27,29-31H,7-14,16H2,1-6H3/t23-,27-,29+,30+,31+/m1/s1. The minimum atomic E-state index is -1.42. The molecule has 254 valence electrons. The Hall–Kier alpha value is -4.20. The molecule has 1 fully saturated rings. The molecule has 0 aromatic heterocycles.